The van der Waals surface area contributed by atoms with Gasteiger partial charge in [0.15, 0.2) is 0 Å². The second-order valence-corrected chi connectivity index (χ2v) is 5.33. The van der Waals surface area contributed by atoms with Gasteiger partial charge in [-0.3, -0.25) is 9.20 Å². The molecule has 2 atom stereocenters. The number of hydrogen-bond acceptors (Lipinski definition) is 4. The summed E-state index contributed by atoms with van der Waals surface area (Å²) in [5.41, 5.74) is 0.925. The molecule has 2 aromatic heterocycles. The third-order valence-corrected chi connectivity index (χ3v) is 3.97. The van der Waals surface area contributed by atoms with Gasteiger partial charge < -0.3 is 10.4 Å². The Balaban J connectivity index is 1.56. The Bertz CT molecular complexity index is 577. The van der Waals surface area contributed by atoms with Crippen LogP contribution < -0.4 is 5.32 Å². The van der Waals surface area contributed by atoms with E-state index in [9.17, 15) is 4.79 Å². The number of aliphatic carboxylic acids is 1. The summed E-state index contributed by atoms with van der Waals surface area (Å²) in [7, 11) is 0. The van der Waals surface area contributed by atoms with Gasteiger partial charge in [-0.1, -0.05) is 6.42 Å². The van der Waals surface area contributed by atoms with Crippen molar-refractivity contribution in [3.63, 3.8) is 0 Å². The van der Waals surface area contributed by atoms with Crippen LogP contribution >= 0.6 is 0 Å². The number of carboxylic acids is 1. The van der Waals surface area contributed by atoms with Crippen LogP contribution in [0.1, 0.15) is 25.0 Å². The zero-order valence-corrected chi connectivity index (χ0v) is 11.2. The van der Waals surface area contributed by atoms with Crippen molar-refractivity contribution in [3.8, 4) is 0 Å². The van der Waals surface area contributed by atoms with Crippen molar-refractivity contribution >= 4 is 11.7 Å². The Kier molecular flexibility index (Phi) is 3.64. The summed E-state index contributed by atoms with van der Waals surface area (Å²) in [6.45, 7) is 1.38. The molecule has 0 radical (unpaired) electrons. The number of hydrogen-bond donors (Lipinski definition) is 2. The van der Waals surface area contributed by atoms with Gasteiger partial charge >= 0.3 is 5.97 Å². The summed E-state index contributed by atoms with van der Waals surface area (Å²) >= 11 is 0. The molecule has 1 aliphatic carbocycles. The van der Waals surface area contributed by atoms with Crippen molar-refractivity contribution in [2.45, 2.75) is 25.8 Å². The number of rotatable bonds is 5. The summed E-state index contributed by atoms with van der Waals surface area (Å²) in [5, 5.41) is 12.5. The predicted molar refractivity (Wildman–Crippen MR) is 73.2 cm³/mol. The van der Waals surface area contributed by atoms with Crippen LogP contribution in [0, 0.1) is 11.8 Å². The maximum Gasteiger partial charge on any atom is 0.306 e. The second-order valence-electron chi connectivity index (χ2n) is 5.33. The largest absolute Gasteiger partial charge is 0.481 e. The lowest BCUT2D eigenvalue weighted by atomic mass is 9.96. The highest BCUT2D eigenvalue weighted by molar-refractivity contribution is 5.70. The lowest BCUT2D eigenvalue weighted by molar-refractivity contribution is -0.142. The molecule has 1 fully saturated rings. The van der Waals surface area contributed by atoms with Gasteiger partial charge in [-0.05, 0) is 31.4 Å². The first-order valence-corrected chi connectivity index (χ1v) is 6.96. The van der Waals surface area contributed by atoms with Crippen molar-refractivity contribution in [2.24, 2.45) is 11.8 Å². The molecule has 0 saturated heterocycles. The van der Waals surface area contributed by atoms with Crippen molar-refractivity contribution in [1.82, 2.24) is 19.7 Å². The number of nitrogens with one attached hydrogen (secondary N) is 1. The van der Waals surface area contributed by atoms with Crippen molar-refractivity contribution in [3.05, 3.63) is 30.4 Å². The molecule has 0 aromatic carbocycles. The molecule has 2 aromatic rings. The van der Waals surface area contributed by atoms with Gasteiger partial charge in [0, 0.05) is 25.1 Å². The fourth-order valence-corrected chi connectivity index (χ4v) is 2.96. The molecule has 6 heteroatoms. The summed E-state index contributed by atoms with van der Waals surface area (Å²) in [6.07, 6.45) is 8.39. The van der Waals surface area contributed by atoms with E-state index in [0.29, 0.717) is 12.3 Å². The molecule has 1 aliphatic rings. The van der Waals surface area contributed by atoms with Crippen LogP contribution in [0.2, 0.25) is 0 Å². The van der Waals surface area contributed by atoms with Crippen LogP contribution in [-0.4, -0.2) is 32.0 Å². The van der Waals surface area contributed by atoms with Crippen LogP contribution in [0.15, 0.2) is 24.7 Å². The van der Waals surface area contributed by atoms with Crippen LogP contribution in [0.3, 0.4) is 0 Å². The zero-order valence-electron chi connectivity index (χ0n) is 11.2. The molecule has 0 bridgehead atoms. The topological polar surface area (TPSA) is 79.5 Å². The SMILES string of the molecule is O=C(O)C1CCCC1CNCc1cn2cccnc2n1. The number of imidazole rings is 1. The molecule has 20 heavy (non-hydrogen) atoms. The highest BCUT2D eigenvalue weighted by Gasteiger charge is 2.32. The molecule has 2 unspecified atom stereocenters. The lowest BCUT2D eigenvalue weighted by Crippen LogP contribution is -2.28. The minimum Gasteiger partial charge on any atom is -0.481 e. The Hall–Kier alpha value is -1.95. The van der Waals surface area contributed by atoms with Gasteiger partial charge in [-0.25, -0.2) is 9.97 Å². The van der Waals surface area contributed by atoms with E-state index in [1.54, 1.807) is 6.20 Å². The molecule has 0 amide bonds. The van der Waals surface area contributed by atoms with Gasteiger partial charge in [-0.2, -0.15) is 0 Å². The number of carboxylic acid groups (broad SMARTS) is 1. The van der Waals surface area contributed by atoms with Crippen LogP contribution in [-0.2, 0) is 11.3 Å². The van der Waals surface area contributed by atoms with Crippen molar-refractivity contribution in [1.29, 1.82) is 0 Å². The van der Waals surface area contributed by atoms with E-state index in [1.165, 1.54) is 0 Å². The molecule has 1 saturated carbocycles. The highest BCUT2D eigenvalue weighted by Crippen LogP contribution is 2.31. The maximum atomic E-state index is 11.1. The summed E-state index contributed by atoms with van der Waals surface area (Å²) in [5.74, 6) is 0.0766. The molecule has 106 valence electrons. The third-order valence-electron chi connectivity index (χ3n) is 3.97. The van der Waals surface area contributed by atoms with Gasteiger partial charge in [0.1, 0.15) is 0 Å². The number of nitrogens with zero attached hydrogens (tertiary/aromatic N) is 3. The Morgan fingerprint density at radius 3 is 3.20 bits per heavy atom. The van der Waals surface area contributed by atoms with Crippen LogP contribution in [0.25, 0.3) is 5.78 Å². The van der Waals surface area contributed by atoms with Gasteiger partial charge in [0.05, 0.1) is 11.6 Å². The van der Waals surface area contributed by atoms with Gasteiger partial charge in [0.2, 0.25) is 5.78 Å². The Labute approximate surface area is 116 Å². The smallest absolute Gasteiger partial charge is 0.306 e. The average Bonchev–Trinajstić information content (AvgIpc) is 3.04. The Morgan fingerprint density at radius 2 is 2.40 bits per heavy atom. The second kappa shape index (κ2) is 5.58. The van der Waals surface area contributed by atoms with E-state index in [0.717, 1.165) is 31.5 Å². The first-order chi connectivity index (χ1) is 9.74. The quantitative estimate of drug-likeness (QED) is 0.859. The normalized spacial score (nSPS) is 22.4. The summed E-state index contributed by atoms with van der Waals surface area (Å²) in [4.78, 5) is 19.7. The maximum absolute atomic E-state index is 11.1. The highest BCUT2D eigenvalue weighted by atomic mass is 16.4. The summed E-state index contributed by atoms with van der Waals surface area (Å²) in [6, 6.07) is 1.86. The molecule has 0 aliphatic heterocycles. The van der Waals surface area contributed by atoms with E-state index in [1.807, 2.05) is 22.9 Å². The van der Waals surface area contributed by atoms with Gasteiger partial charge in [0.25, 0.3) is 0 Å². The Morgan fingerprint density at radius 1 is 1.50 bits per heavy atom. The number of aromatic nitrogens is 3. The molecule has 3 rings (SSSR count). The number of carbonyl (C=O) groups is 1. The van der Waals surface area contributed by atoms with Crippen LogP contribution in [0.4, 0.5) is 0 Å². The first kappa shape index (κ1) is 13.1. The van der Waals surface area contributed by atoms with Crippen LogP contribution in [0.5, 0.6) is 0 Å². The van der Waals surface area contributed by atoms with E-state index >= 15 is 0 Å². The molecular weight excluding hydrogens is 256 g/mol. The summed E-state index contributed by atoms with van der Waals surface area (Å²) < 4.78 is 1.88. The van der Waals surface area contributed by atoms with E-state index in [-0.39, 0.29) is 11.8 Å². The monoisotopic (exact) mass is 274 g/mol. The number of fused-ring (bicyclic) bond motifs is 1. The average molecular weight is 274 g/mol. The van der Waals surface area contributed by atoms with Gasteiger partial charge in [-0.15, -0.1) is 0 Å². The molecule has 2 heterocycles. The van der Waals surface area contributed by atoms with E-state index < -0.39 is 5.97 Å². The molecule has 6 nitrogen and oxygen atoms in total. The fraction of sp³-hybridized carbons (Fsp3) is 0.500. The predicted octanol–water partition coefficient (Wildman–Crippen LogP) is 1.32. The third kappa shape index (κ3) is 2.65. The molecule has 2 N–H and O–H groups in total. The van der Waals surface area contributed by atoms with Crippen molar-refractivity contribution in [2.75, 3.05) is 6.54 Å². The minimum atomic E-state index is -0.661. The first-order valence-electron chi connectivity index (χ1n) is 6.96. The van der Waals surface area contributed by atoms with E-state index in [4.69, 9.17) is 5.11 Å². The molecule has 0 spiro atoms. The fourth-order valence-electron chi connectivity index (χ4n) is 2.96. The zero-order chi connectivity index (χ0) is 13.9. The lowest BCUT2D eigenvalue weighted by Gasteiger charge is -2.15. The standard InChI is InChI=1S/C14H18N4O2/c19-13(20)12-4-1-3-10(12)7-15-8-11-9-18-6-2-5-16-14(18)17-11/h2,5-6,9-10,12,15H,1,3-4,7-8H2,(H,19,20). The van der Waals surface area contributed by atoms with Crippen molar-refractivity contribution < 1.29 is 9.90 Å². The minimum absolute atomic E-state index is 0.190. The molecular formula is C14H18N4O2. The van der Waals surface area contributed by atoms with E-state index in [2.05, 4.69) is 15.3 Å².